The fourth-order valence-corrected chi connectivity index (χ4v) is 8.45. The molecule has 9 heteroatoms. The molecule has 4 aliphatic rings. The smallest absolute Gasteiger partial charge is 0.329 e. The number of ketones is 1. The Hall–Kier alpha value is -2.33. The van der Waals surface area contributed by atoms with Gasteiger partial charge < -0.3 is 29.3 Å². The van der Waals surface area contributed by atoms with Gasteiger partial charge in [-0.25, -0.2) is 4.79 Å². The fraction of sp³-hybridized carbons (Fsp3) is 0.780. The minimum Gasteiger partial charge on any atom is -0.460 e. The molecule has 1 aliphatic carbocycles. The maximum Gasteiger partial charge on any atom is 0.329 e. The molecule has 0 radical (unpaired) electrons. The predicted molar refractivity (Wildman–Crippen MR) is 194 cm³/mol. The van der Waals surface area contributed by atoms with Gasteiger partial charge >= 0.3 is 5.97 Å². The zero-order valence-corrected chi connectivity index (χ0v) is 31.6. The van der Waals surface area contributed by atoms with Gasteiger partial charge in [-0.3, -0.25) is 9.59 Å². The third-order valence-electron chi connectivity index (χ3n) is 12.0. The van der Waals surface area contributed by atoms with Crippen LogP contribution in [0.3, 0.4) is 0 Å². The molecule has 3 fully saturated rings. The van der Waals surface area contributed by atoms with Crippen LogP contribution in [0, 0.1) is 29.6 Å². The van der Waals surface area contributed by atoms with Crippen LogP contribution < -0.4 is 0 Å². The molecule has 1 amide bonds. The normalized spacial score (nSPS) is 40.5. The molecule has 1 saturated carbocycles. The van der Waals surface area contributed by atoms with E-state index >= 15 is 0 Å². The highest BCUT2D eigenvalue weighted by Gasteiger charge is 2.46. The Bertz CT molecular complexity index is 1220. The Morgan fingerprint density at radius 2 is 1.72 bits per heavy atom. The average Bonchev–Trinajstić information content (AvgIpc) is 3.08. The lowest BCUT2D eigenvalue weighted by atomic mass is 9.79. The number of hydrogen-bond donors (Lipinski definition) is 2. The lowest BCUT2D eigenvalue weighted by Crippen LogP contribution is -2.55. The number of hydrogen-bond acceptors (Lipinski definition) is 8. The molecular weight excluding hydrogens is 634 g/mol. The van der Waals surface area contributed by atoms with Crippen molar-refractivity contribution >= 4 is 17.7 Å². The largest absolute Gasteiger partial charge is 0.460 e. The Kier molecular flexibility index (Phi) is 15.3. The van der Waals surface area contributed by atoms with Crippen molar-refractivity contribution in [3.05, 3.63) is 36.0 Å². The summed E-state index contributed by atoms with van der Waals surface area (Å²) >= 11 is 0. The Morgan fingerprint density at radius 3 is 2.44 bits per heavy atom. The van der Waals surface area contributed by atoms with Gasteiger partial charge in [0.1, 0.15) is 17.9 Å². The van der Waals surface area contributed by atoms with E-state index in [2.05, 4.69) is 19.9 Å². The molecule has 2 bridgehead atoms. The van der Waals surface area contributed by atoms with E-state index in [-0.39, 0.29) is 66.5 Å². The second-order valence-corrected chi connectivity index (χ2v) is 16.1. The highest BCUT2D eigenvalue weighted by atomic mass is 16.6. The van der Waals surface area contributed by atoms with E-state index in [1.807, 2.05) is 45.1 Å². The van der Waals surface area contributed by atoms with Gasteiger partial charge in [0.05, 0.1) is 24.7 Å². The summed E-state index contributed by atoms with van der Waals surface area (Å²) < 4.78 is 18.4. The van der Waals surface area contributed by atoms with Crippen molar-refractivity contribution in [1.29, 1.82) is 0 Å². The van der Waals surface area contributed by atoms with Crippen LogP contribution in [0.25, 0.3) is 0 Å². The number of ether oxygens (including phenoxy) is 3. The Morgan fingerprint density at radius 1 is 0.980 bits per heavy atom. The molecule has 2 N–H and O–H groups in total. The second-order valence-electron chi connectivity index (χ2n) is 16.1. The van der Waals surface area contributed by atoms with E-state index in [1.54, 1.807) is 12.0 Å². The van der Waals surface area contributed by atoms with Crippen molar-refractivity contribution in [2.75, 3.05) is 13.7 Å². The highest BCUT2D eigenvalue weighted by Crippen LogP contribution is 2.38. The topological polar surface area (TPSA) is 123 Å². The number of aliphatic hydroxyl groups excluding tert-OH is 1. The zero-order valence-electron chi connectivity index (χ0n) is 31.6. The molecule has 0 aromatic carbocycles. The third kappa shape index (κ3) is 11.3. The summed E-state index contributed by atoms with van der Waals surface area (Å²) in [5.41, 5.74) is 1.03. The lowest BCUT2D eigenvalue weighted by molar-refractivity contribution is -0.284. The zero-order chi connectivity index (χ0) is 36.4. The van der Waals surface area contributed by atoms with Gasteiger partial charge in [0, 0.05) is 38.3 Å². The van der Waals surface area contributed by atoms with Crippen molar-refractivity contribution in [1.82, 2.24) is 4.90 Å². The summed E-state index contributed by atoms with van der Waals surface area (Å²) in [6.07, 6.45) is 17.6. The highest BCUT2D eigenvalue weighted by molar-refractivity contribution is 5.86. The van der Waals surface area contributed by atoms with Crippen molar-refractivity contribution in [3.63, 3.8) is 0 Å². The molecule has 2 saturated heterocycles. The number of nitrogens with zero attached hydrogens (tertiary/aromatic N) is 1. The van der Waals surface area contributed by atoms with Crippen molar-refractivity contribution in [2.24, 2.45) is 29.6 Å². The van der Waals surface area contributed by atoms with Crippen LogP contribution in [0.2, 0.25) is 0 Å². The van der Waals surface area contributed by atoms with E-state index in [9.17, 15) is 24.6 Å². The SMILES string of the molecule is CO[C@H]1C[C@@H]2CC[C@@H](C)[C@](O)(CC(=O)N3CCCC[C@H]3C(=O)OC([C@H](C)C[C@H]3CC[C@H](O)CC3)CC(=O)[C@H](C)C[C@H](C)/C=C/C=C/C=C/1C)O2. The third-order valence-corrected chi connectivity index (χ3v) is 12.0. The van der Waals surface area contributed by atoms with E-state index in [4.69, 9.17) is 14.2 Å². The number of cyclic esters (lactones) is 1. The number of fused-ring (bicyclic) bond motifs is 3. The first-order valence-electron chi connectivity index (χ1n) is 19.4. The lowest BCUT2D eigenvalue weighted by Gasteiger charge is -2.44. The van der Waals surface area contributed by atoms with Gasteiger partial charge in [0.2, 0.25) is 5.91 Å². The molecule has 1 unspecified atom stereocenters. The van der Waals surface area contributed by atoms with E-state index < -0.39 is 23.9 Å². The van der Waals surface area contributed by atoms with Gasteiger partial charge in [0.25, 0.3) is 0 Å². The van der Waals surface area contributed by atoms with Crippen LogP contribution in [-0.2, 0) is 28.6 Å². The van der Waals surface area contributed by atoms with Crippen LogP contribution in [0.4, 0.5) is 0 Å². The van der Waals surface area contributed by atoms with E-state index in [1.165, 1.54) is 0 Å². The summed E-state index contributed by atoms with van der Waals surface area (Å²) in [5, 5.41) is 21.9. The summed E-state index contributed by atoms with van der Waals surface area (Å²) in [6, 6.07) is -0.772. The number of piperidine rings is 1. The minimum atomic E-state index is -1.66. The second kappa shape index (κ2) is 19.0. The molecule has 50 heavy (non-hydrogen) atoms. The summed E-state index contributed by atoms with van der Waals surface area (Å²) in [4.78, 5) is 43.3. The molecule has 3 aliphatic heterocycles. The molecule has 0 spiro atoms. The molecule has 3 heterocycles. The number of amides is 1. The van der Waals surface area contributed by atoms with Gasteiger partial charge in [0.15, 0.2) is 5.79 Å². The van der Waals surface area contributed by atoms with Crippen molar-refractivity contribution < 1.29 is 38.8 Å². The van der Waals surface area contributed by atoms with Crippen LogP contribution in [0.5, 0.6) is 0 Å². The first kappa shape index (κ1) is 40.4. The van der Waals surface area contributed by atoms with Gasteiger partial charge in [-0.15, -0.1) is 0 Å². The van der Waals surface area contributed by atoms with Crippen molar-refractivity contribution in [2.45, 2.75) is 161 Å². The number of carbonyl (C=O) groups is 3. The monoisotopic (exact) mass is 699 g/mol. The first-order chi connectivity index (χ1) is 23.8. The molecular formula is C41H65NO8. The summed E-state index contributed by atoms with van der Waals surface area (Å²) in [5.74, 6) is -2.32. The molecule has 9 atom stereocenters. The van der Waals surface area contributed by atoms with Gasteiger partial charge in [-0.1, -0.05) is 58.1 Å². The van der Waals surface area contributed by atoms with E-state index in [0.29, 0.717) is 38.1 Å². The first-order valence-corrected chi connectivity index (χ1v) is 19.4. The van der Waals surface area contributed by atoms with Crippen LogP contribution in [-0.4, -0.2) is 82.7 Å². The number of rotatable bonds is 4. The summed E-state index contributed by atoms with van der Waals surface area (Å²) in [6.45, 7) is 10.5. The van der Waals surface area contributed by atoms with Crippen LogP contribution in [0.1, 0.15) is 125 Å². The molecule has 9 nitrogen and oxygen atoms in total. The maximum absolute atomic E-state index is 14.0. The Labute approximate surface area is 300 Å². The number of Topliss-reactive ketones (excluding diaryl/α,β-unsaturated/α-hetero) is 1. The van der Waals surface area contributed by atoms with Gasteiger partial charge in [-0.2, -0.15) is 0 Å². The quantitative estimate of drug-likeness (QED) is 0.306. The van der Waals surface area contributed by atoms with E-state index in [0.717, 1.165) is 56.9 Å². The van der Waals surface area contributed by atoms with Gasteiger partial charge in [-0.05, 0) is 101 Å². The molecule has 282 valence electrons. The number of aliphatic hydroxyl groups is 2. The van der Waals surface area contributed by atoms with Crippen LogP contribution in [0.15, 0.2) is 36.0 Å². The predicted octanol–water partition coefficient (Wildman–Crippen LogP) is 6.85. The Balaban J connectivity index is 1.61. The van der Waals surface area contributed by atoms with Crippen LogP contribution >= 0.6 is 0 Å². The maximum atomic E-state index is 14.0. The van der Waals surface area contributed by atoms with Crippen molar-refractivity contribution in [3.8, 4) is 0 Å². The molecule has 4 rings (SSSR count). The number of esters is 1. The fourth-order valence-electron chi connectivity index (χ4n) is 8.45. The number of carbonyl (C=O) groups excluding carboxylic acids is 3. The molecule has 0 aromatic rings. The molecule has 0 aromatic heterocycles. The number of allylic oxidation sites excluding steroid dienone is 5. The standard InChI is InChI=1S/C41H65NO8/c1-27-12-8-7-9-13-28(2)37(48-6)24-34-20-15-31(5)41(47,50-34)26-39(45)42-21-11-10-14-35(42)40(46)49-38(25-36(44)29(3)22-27)30(4)23-32-16-18-33(43)19-17-32/h7-9,12-13,27,29-35,37-38,43,47H,10-11,14-26H2,1-6H3/b9-7+,12-8+,28-13+/t27-,29-,30-,31-,32-,33-,34+,35+,37+,38?,41+/m1/s1. The minimum absolute atomic E-state index is 0.0541. The summed E-state index contributed by atoms with van der Waals surface area (Å²) in [7, 11) is 1.67. The number of methoxy groups -OCH3 is 1. The average molecular weight is 700 g/mol.